The van der Waals surface area contributed by atoms with E-state index in [1.807, 2.05) is 0 Å². The van der Waals surface area contributed by atoms with Crippen molar-refractivity contribution in [2.24, 2.45) is 17.8 Å². The van der Waals surface area contributed by atoms with Gasteiger partial charge in [0.05, 0.1) is 12.5 Å². The molecule has 0 heterocycles. The lowest BCUT2D eigenvalue weighted by atomic mass is 9.78. The van der Waals surface area contributed by atoms with Crippen molar-refractivity contribution >= 4 is 11.9 Å². The second-order valence-corrected chi connectivity index (χ2v) is 6.38. The molecule has 116 valence electrons. The first kappa shape index (κ1) is 17.0. The summed E-state index contributed by atoms with van der Waals surface area (Å²) in [5.74, 6) is -0.126. The van der Waals surface area contributed by atoms with Crippen molar-refractivity contribution in [2.75, 3.05) is 20.1 Å². The van der Waals surface area contributed by atoms with Gasteiger partial charge in [-0.25, -0.2) is 0 Å². The molecule has 1 aliphatic carbocycles. The number of hydrogen-bond acceptors (Lipinski definition) is 3. The van der Waals surface area contributed by atoms with Gasteiger partial charge >= 0.3 is 5.97 Å². The molecule has 0 bridgehead atoms. The van der Waals surface area contributed by atoms with E-state index in [0.29, 0.717) is 18.4 Å². The zero-order chi connectivity index (χ0) is 15.3. The van der Waals surface area contributed by atoms with E-state index in [2.05, 4.69) is 19.2 Å². The summed E-state index contributed by atoms with van der Waals surface area (Å²) in [7, 11) is 1.78. The van der Waals surface area contributed by atoms with Crippen LogP contribution in [0.5, 0.6) is 0 Å². The minimum absolute atomic E-state index is 0.00367. The van der Waals surface area contributed by atoms with Crippen LogP contribution in [-0.4, -0.2) is 48.1 Å². The van der Waals surface area contributed by atoms with Gasteiger partial charge in [-0.15, -0.1) is 0 Å². The Morgan fingerprint density at radius 2 is 2.00 bits per heavy atom. The van der Waals surface area contributed by atoms with Gasteiger partial charge in [-0.2, -0.15) is 0 Å². The molecule has 1 fully saturated rings. The van der Waals surface area contributed by atoms with Crippen molar-refractivity contribution in [3.8, 4) is 0 Å². The molecule has 20 heavy (non-hydrogen) atoms. The summed E-state index contributed by atoms with van der Waals surface area (Å²) in [6, 6.07) is 0.261. The number of carboxylic acids is 1. The van der Waals surface area contributed by atoms with Crippen LogP contribution < -0.4 is 5.32 Å². The van der Waals surface area contributed by atoms with E-state index in [1.54, 1.807) is 18.9 Å². The molecule has 1 saturated carbocycles. The molecule has 0 aliphatic heterocycles. The van der Waals surface area contributed by atoms with E-state index in [0.717, 1.165) is 6.42 Å². The number of nitrogens with zero attached hydrogens (tertiary/aromatic N) is 1. The van der Waals surface area contributed by atoms with Crippen LogP contribution in [0.3, 0.4) is 0 Å². The lowest BCUT2D eigenvalue weighted by Gasteiger charge is -2.35. The fraction of sp³-hybridized carbons (Fsp3) is 0.867. The molecule has 1 amide bonds. The number of nitrogens with one attached hydrogen (secondary N) is 1. The van der Waals surface area contributed by atoms with Crippen LogP contribution in [0.2, 0.25) is 0 Å². The summed E-state index contributed by atoms with van der Waals surface area (Å²) in [6.07, 6.45) is 3.46. The Hall–Kier alpha value is -1.10. The monoisotopic (exact) mass is 284 g/mol. The number of carboxylic acid groups (broad SMARTS) is 1. The Labute approximate surface area is 121 Å². The Kier molecular flexibility index (Phi) is 6.46. The molecule has 0 spiro atoms. The molecule has 1 aliphatic rings. The van der Waals surface area contributed by atoms with E-state index in [9.17, 15) is 9.59 Å². The fourth-order valence-corrected chi connectivity index (χ4v) is 2.89. The predicted octanol–water partition coefficient (Wildman–Crippen LogP) is 1.58. The molecule has 4 atom stereocenters. The number of likely N-dealkylation sites (N-methyl/N-ethyl adjacent to an activating group) is 1. The molecule has 1 rings (SSSR count). The topological polar surface area (TPSA) is 69.6 Å². The van der Waals surface area contributed by atoms with Gasteiger partial charge in [0.15, 0.2) is 0 Å². The summed E-state index contributed by atoms with van der Waals surface area (Å²) in [5, 5.41) is 12.0. The second-order valence-electron chi connectivity index (χ2n) is 6.38. The largest absolute Gasteiger partial charge is 0.481 e. The molecule has 0 aromatic rings. The smallest absolute Gasteiger partial charge is 0.307 e. The first-order valence-electron chi connectivity index (χ1n) is 7.52. The summed E-state index contributed by atoms with van der Waals surface area (Å²) in [4.78, 5) is 24.6. The highest BCUT2D eigenvalue weighted by atomic mass is 16.4. The van der Waals surface area contributed by atoms with Crippen LogP contribution in [-0.2, 0) is 9.59 Å². The first-order chi connectivity index (χ1) is 9.31. The van der Waals surface area contributed by atoms with Crippen LogP contribution in [0, 0.1) is 17.8 Å². The highest BCUT2D eigenvalue weighted by Crippen LogP contribution is 2.29. The van der Waals surface area contributed by atoms with Gasteiger partial charge in [0.25, 0.3) is 0 Å². The Balaban J connectivity index is 2.37. The quantitative estimate of drug-likeness (QED) is 0.777. The van der Waals surface area contributed by atoms with Crippen LogP contribution in [0.15, 0.2) is 0 Å². The molecule has 0 saturated heterocycles. The van der Waals surface area contributed by atoms with Crippen molar-refractivity contribution in [3.63, 3.8) is 0 Å². The summed E-state index contributed by atoms with van der Waals surface area (Å²) in [5.41, 5.74) is 0. The van der Waals surface area contributed by atoms with Crippen molar-refractivity contribution in [1.29, 1.82) is 0 Å². The number of rotatable bonds is 6. The van der Waals surface area contributed by atoms with Crippen molar-refractivity contribution in [2.45, 2.75) is 46.1 Å². The lowest BCUT2D eigenvalue weighted by Crippen LogP contribution is -2.47. The van der Waals surface area contributed by atoms with E-state index in [-0.39, 0.29) is 18.5 Å². The third kappa shape index (κ3) is 5.12. The average Bonchev–Trinajstić information content (AvgIpc) is 2.34. The van der Waals surface area contributed by atoms with Crippen LogP contribution in [0.4, 0.5) is 0 Å². The highest BCUT2D eigenvalue weighted by Gasteiger charge is 2.28. The minimum atomic E-state index is -0.827. The summed E-state index contributed by atoms with van der Waals surface area (Å²) < 4.78 is 0. The number of amides is 1. The molecule has 0 aromatic carbocycles. The molecular weight excluding hydrogens is 256 g/mol. The first-order valence-corrected chi connectivity index (χ1v) is 7.52. The number of carbonyl (C=O) groups is 2. The minimum Gasteiger partial charge on any atom is -0.481 e. The van der Waals surface area contributed by atoms with Gasteiger partial charge in [0.2, 0.25) is 5.91 Å². The molecule has 0 radical (unpaired) electrons. The molecule has 5 heteroatoms. The van der Waals surface area contributed by atoms with E-state index < -0.39 is 11.9 Å². The summed E-state index contributed by atoms with van der Waals surface area (Å²) >= 11 is 0. The molecule has 4 unspecified atom stereocenters. The Morgan fingerprint density at radius 3 is 2.60 bits per heavy atom. The van der Waals surface area contributed by atoms with Crippen LogP contribution in [0.1, 0.15) is 40.0 Å². The maximum Gasteiger partial charge on any atom is 0.307 e. The van der Waals surface area contributed by atoms with Crippen molar-refractivity contribution in [1.82, 2.24) is 10.2 Å². The maximum absolute atomic E-state index is 12.0. The average molecular weight is 284 g/mol. The Bertz CT molecular complexity index is 346. The number of aliphatic carboxylic acids is 1. The van der Waals surface area contributed by atoms with Gasteiger partial charge in [0, 0.05) is 12.6 Å². The number of carbonyl (C=O) groups excluding carboxylic acids is 1. The highest BCUT2D eigenvalue weighted by molar-refractivity contribution is 5.78. The SMILES string of the molecule is CC(CN(C)CC(=O)NC1CCCC(C)C1C)C(=O)O. The van der Waals surface area contributed by atoms with Crippen molar-refractivity contribution in [3.05, 3.63) is 0 Å². The van der Waals surface area contributed by atoms with E-state index in [1.165, 1.54) is 12.8 Å². The summed E-state index contributed by atoms with van der Waals surface area (Å²) in [6.45, 7) is 6.74. The van der Waals surface area contributed by atoms with Gasteiger partial charge in [-0.05, 0) is 25.3 Å². The van der Waals surface area contributed by atoms with Crippen LogP contribution in [0.25, 0.3) is 0 Å². The zero-order valence-electron chi connectivity index (χ0n) is 13.1. The van der Waals surface area contributed by atoms with E-state index >= 15 is 0 Å². The third-order valence-corrected chi connectivity index (χ3v) is 4.47. The molecule has 0 aromatic heterocycles. The number of hydrogen-bond donors (Lipinski definition) is 2. The van der Waals surface area contributed by atoms with Gasteiger partial charge < -0.3 is 10.4 Å². The third-order valence-electron chi connectivity index (χ3n) is 4.47. The molecule has 5 nitrogen and oxygen atoms in total. The maximum atomic E-state index is 12.0. The van der Waals surface area contributed by atoms with Gasteiger partial charge in [0.1, 0.15) is 0 Å². The Morgan fingerprint density at radius 1 is 1.35 bits per heavy atom. The van der Waals surface area contributed by atoms with Gasteiger partial charge in [-0.1, -0.05) is 33.6 Å². The zero-order valence-corrected chi connectivity index (χ0v) is 13.1. The fourth-order valence-electron chi connectivity index (χ4n) is 2.89. The lowest BCUT2D eigenvalue weighted by molar-refractivity contribution is -0.142. The predicted molar refractivity (Wildman–Crippen MR) is 78.4 cm³/mol. The van der Waals surface area contributed by atoms with Gasteiger partial charge in [-0.3, -0.25) is 14.5 Å². The van der Waals surface area contributed by atoms with Crippen LogP contribution >= 0.6 is 0 Å². The molecule has 2 N–H and O–H groups in total. The standard InChI is InChI=1S/C15H28N2O3/c1-10-6-5-7-13(12(10)3)16-14(18)9-17(4)8-11(2)15(19)20/h10-13H,5-9H2,1-4H3,(H,16,18)(H,19,20). The van der Waals surface area contributed by atoms with E-state index in [4.69, 9.17) is 5.11 Å². The normalized spacial score (nSPS) is 28.1. The molecular formula is C15H28N2O3. The van der Waals surface area contributed by atoms with Crippen molar-refractivity contribution < 1.29 is 14.7 Å². The second kappa shape index (κ2) is 7.62.